The third-order valence-electron chi connectivity index (χ3n) is 3.61. The Morgan fingerprint density at radius 2 is 2.21 bits per heavy atom. The number of hydrogen-bond acceptors (Lipinski definition) is 7. The molecule has 1 aromatic rings. The minimum atomic E-state index is -4.05. The van der Waals surface area contributed by atoms with Crippen molar-refractivity contribution in [2.75, 3.05) is 24.7 Å². The van der Waals surface area contributed by atoms with Crippen LogP contribution in [0.2, 0.25) is 0 Å². The van der Waals surface area contributed by atoms with Gasteiger partial charge in [-0.3, -0.25) is 14.9 Å². The quantitative estimate of drug-likeness (QED) is 0.437. The summed E-state index contributed by atoms with van der Waals surface area (Å²) in [6.07, 6.45) is 0. The molecule has 0 spiro atoms. The molecule has 8 nitrogen and oxygen atoms in total. The van der Waals surface area contributed by atoms with Crippen LogP contribution in [0.3, 0.4) is 0 Å². The molecule has 1 saturated heterocycles. The summed E-state index contributed by atoms with van der Waals surface area (Å²) in [6, 6.07) is 2.76. The standard InChI is InChI=1S/C14H18N2O6S2/c1-3-22-14(17)12-9-23-7-6-15(12)24(20,21)13-8-11(16(18)19)5-4-10(13)2/h4-5,8,12H,3,6-7,9H2,1-2H3. The van der Waals surface area contributed by atoms with Gasteiger partial charge in [0.2, 0.25) is 10.0 Å². The van der Waals surface area contributed by atoms with Crippen molar-refractivity contribution in [2.24, 2.45) is 0 Å². The molecule has 2 rings (SSSR count). The molecule has 1 aromatic carbocycles. The summed E-state index contributed by atoms with van der Waals surface area (Å²) in [6.45, 7) is 3.52. The van der Waals surface area contributed by atoms with E-state index in [-0.39, 0.29) is 23.7 Å². The van der Waals surface area contributed by atoms with E-state index in [9.17, 15) is 23.3 Å². The topological polar surface area (TPSA) is 107 Å². The zero-order valence-corrected chi connectivity index (χ0v) is 14.9. The van der Waals surface area contributed by atoms with Gasteiger partial charge in [-0.1, -0.05) is 6.07 Å². The molecular formula is C14H18N2O6S2. The number of hydrogen-bond donors (Lipinski definition) is 0. The largest absolute Gasteiger partial charge is 0.465 e. The number of rotatable bonds is 5. The highest BCUT2D eigenvalue weighted by molar-refractivity contribution is 7.99. The average molecular weight is 374 g/mol. The van der Waals surface area contributed by atoms with Gasteiger partial charge in [0, 0.05) is 30.2 Å². The second-order valence-corrected chi connectivity index (χ2v) is 8.17. The lowest BCUT2D eigenvalue weighted by atomic mass is 10.2. The summed E-state index contributed by atoms with van der Waals surface area (Å²) in [5.41, 5.74) is 0.0830. The highest BCUT2D eigenvalue weighted by Gasteiger charge is 2.39. The number of non-ortho nitro benzene ring substituents is 1. The second kappa shape index (κ2) is 7.49. The Kier molecular flexibility index (Phi) is 5.83. The van der Waals surface area contributed by atoms with Crippen molar-refractivity contribution in [1.29, 1.82) is 0 Å². The van der Waals surface area contributed by atoms with Crippen LogP contribution in [0, 0.1) is 17.0 Å². The third kappa shape index (κ3) is 3.70. The highest BCUT2D eigenvalue weighted by atomic mass is 32.2. The summed E-state index contributed by atoms with van der Waals surface area (Å²) in [5, 5.41) is 10.9. The maximum Gasteiger partial charge on any atom is 0.325 e. The van der Waals surface area contributed by atoms with E-state index in [4.69, 9.17) is 4.74 Å². The van der Waals surface area contributed by atoms with Crippen molar-refractivity contribution < 1.29 is 22.9 Å². The Morgan fingerprint density at radius 1 is 1.50 bits per heavy atom. The fraction of sp³-hybridized carbons (Fsp3) is 0.500. The van der Waals surface area contributed by atoms with Gasteiger partial charge in [-0.05, 0) is 19.4 Å². The number of carbonyl (C=O) groups is 1. The van der Waals surface area contributed by atoms with E-state index in [1.54, 1.807) is 13.8 Å². The summed E-state index contributed by atoms with van der Waals surface area (Å²) in [4.78, 5) is 22.2. The van der Waals surface area contributed by atoms with Crippen molar-refractivity contribution in [2.45, 2.75) is 24.8 Å². The van der Waals surface area contributed by atoms with Crippen molar-refractivity contribution in [1.82, 2.24) is 4.31 Å². The van der Waals surface area contributed by atoms with Gasteiger partial charge in [-0.2, -0.15) is 16.1 Å². The summed E-state index contributed by atoms with van der Waals surface area (Å²) in [5.74, 6) is 0.242. The van der Waals surface area contributed by atoms with E-state index in [1.165, 1.54) is 23.9 Å². The summed E-state index contributed by atoms with van der Waals surface area (Å²) >= 11 is 1.47. The van der Waals surface area contributed by atoms with E-state index in [0.29, 0.717) is 17.1 Å². The van der Waals surface area contributed by atoms with Crippen LogP contribution < -0.4 is 0 Å². The lowest BCUT2D eigenvalue weighted by molar-refractivity contribution is -0.385. The van der Waals surface area contributed by atoms with Crippen LogP contribution in [-0.2, 0) is 19.6 Å². The average Bonchev–Trinajstić information content (AvgIpc) is 2.55. The molecule has 0 amide bonds. The van der Waals surface area contributed by atoms with Gasteiger partial charge >= 0.3 is 5.97 Å². The SMILES string of the molecule is CCOC(=O)C1CSCCN1S(=O)(=O)c1cc([N+](=O)[O-])ccc1C. The van der Waals surface area contributed by atoms with Gasteiger partial charge in [0.25, 0.3) is 5.69 Å². The molecule has 24 heavy (non-hydrogen) atoms. The van der Waals surface area contributed by atoms with E-state index in [2.05, 4.69) is 0 Å². The van der Waals surface area contributed by atoms with Crippen LogP contribution in [0.25, 0.3) is 0 Å². The van der Waals surface area contributed by atoms with E-state index in [0.717, 1.165) is 10.4 Å². The van der Waals surface area contributed by atoms with Gasteiger partial charge in [-0.15, -0.1) is 0 Å². The molecule has 10 heteroatoms. The minimum absolute atomic E-state index is 0.151. The molecular weight excluding hydrogens is 356 g/mol. The molecule has 0 aliphatic carbocycles. The number of sulfonamides is 1. The third-order valence-corrected chi connectivity index (χ3v) is 6.68. The molecule has 1 atom stereocenters. The number of thioether (sulfide) groups is 1. The number of carbonyl (C=O) groups excluding carboxylic acids is 1. The molecule has 1 heterocycles. The molecule has 0 saturated carbocycles. The molecule has 1 aliphatic heterocycles. The summed E-state index contributed by atoms with van der Waals surface area (Å²) < 4.78 is 32.0. The lowest BCUT2D eigenvalue weighted by Gasteiger charge is -2.32. The zero-order valence-electron chi connectivity index (χ0n) is 13.3. The molecule has 0 N–H and O–H groups in total. The first kappa shape index (κ1) is 18.7. The molecule has 1 fully saturated rings. The van der Waals surface area contributed by atoms with Crippen LogP contribution >= 0.6 is 11.8 Å². The van der Waals surface area contributed by atoms with E-state index >= 15 is 0 Å². The van der Waals surface area contributed by atoms with Crippen molar-refractivity contribution >= 4 is 33.4 Å². The Balaban J connectivity index is 2.46. The number of ether oxygens (including phenoxy) is 1. The second-order valence-electron chi connectivity index (χ2n) is 5.17. The monoisotopic (exact) mass is 374 g/mol. The van der Waals surface area contributed by atoms with Gasteiger partial charge in [0.05, 0.1) is 16.4 Å². The normalized spacial score (nSPS) is 19.0. The number of nitro benzene ring substituents is 1. The summed E-state index contributed by atoms with van der Waals surface area (Å²) in [7, 11) is -4.05. The number of nitrogens with zero attached hydrogens (tertiary/aromatic N) is 2. The minimum Gasteiger partial charge on any atom is -0.465 e. The van der Waals surface area contributed by atoms with Crippen LogP contribution in [0.4, 0.5) is 5.69 Å². The van der Waals surface area contributed by atoms with E-state index in [1.807, 2.05) is 0 Å². The Morgan fingerprint density at radius 3 is 2.83 bits per heavy atom. The van der Waals surface area contributed by atoms with Crippen LogP contribution in [-0.4, -0.2) is 54.3 Å². The smallest absolute Gasteiger partial charge is 0.325 e. The van der Waals surface area contributed by atoms with Crippen LogP contribution in [0.5, 0.6) is 0 Å². The maximum absolute atomic E-state index is 13.0. The van der Waals surface area contributed by atoms with Gasteiger partial charge in [0.15, 0.2) is 0 Å². The van der Waals surface area contributed by atoms with Crippen molar-refractivity contribution in [3.8, 4) is 0 Å². The van der Waals surface area contributed by atoms with Crippen molar-refractivity contribution in [3.05, 3.63) is 33.9 Å². The fourth-order valence-corrected chi connectivity index (χ4v) is 5.47. The number of esters is 1. The molecule has 0 radical (unpaired) electrons. The predicted octanol–water partition coefficient (Wildman–Crippen LogP) is 1.57. The van der Waals surface area contributed by atoms with E-state index < -0.39 is 27.0 Å². The Hall–Kier alpha value is -1.65. The molecule has 0 aromatic heterocycles. The number of nitro groups is 1. The Labute approximate surface area is 144 Å². The first-order valence-corrected chi connectivity index (χ1v) is 9.89. The molecule has 0 bridgehead atoms. The van der Waals surface area contributed by atoms with Crippen LogP contribution in [0.1, 0.15) is 12.5 Å². The predicted molar refractivity (Wildman–Crippen MR) is 89.5 cm³/mol. The first-order chi connectivity index (χ1) is 11.3. The molecule has 1 unspecified atom stereocenters. The van der Waals surface area contributed by atoms with Gasteiger partial charge in [0.1, 0.15) is 6.04 Å². The zero-order chi connectivity index (χ0) is 17.9. The van der Waals surface area contributed by atoms with Gasteiger partial charge < -0.3 is 4.74 Å². The van der Waals surface area contributed by atoms with Gasteiger partial charge in [-0.25, -0.2) is 8.42 Å². The molecule has 1 aliphatic rings. The maximum atomic E-state index is 13.0. The van der Waals surface area contributed by atoms with Crippen molar-refractivity contribution in [3.63, 3.8) is 0 Å². The first-order valence-electron chi connectivity index (χ1n) is 7.30. The highest BCUT2D eigenvalue weighted by Crippen LogP contribution is 2.29. The fourth-order valence-electron chi connectivity index (χ4n) is 2.41. The molecule has 132 valence electrons. The van der Waals surface area contributed by atoms with Crippen LogP contribution in [0.15, 0.2) is 23.1 Å². The number of benzene rings is 1. The lowest BCUT2D eigenvalue weighted by Crippen LogP contribution is -2.50. The Bertz CT molecular complexity index is 750. The number of aryl methyl sites for hydroxylation is 1.